The number of carbonyl (C=O) groups excluding carboxylic acids is 1. The van der Waals surface area contributed by atoms with Crippen LogP contribution in [0, 0.1) is 6.92 Å². The Labute approximate surface area is 147 Å². The minimum absolute atomic E-state index is 0.0369. The highest BCUT2D eigenvalue weighted by Gasteiger charge is 2.28. The van der Waals surface area contributed by atoms with E-state index >= 15 is 0 Å². The van der Waals surface area contributed by atoms with Crippen LogP contribution in [0.3, 0.4) is 0 Å². The number of benzene rings is 1. The number of amides is 1. The van der Waals surface area contributed by atoms with Crippen molar-refractivity contribution in [2.24, 2.45) is 0 Å². The second kappa shape index (κ2) is 9.57. The van der Waals surface area contributed by atoms with Gasteiger partial charge in [0, 0.05) is 24.5 Å². The lowest BCUT2D eigenvalue weighted by molar-refractivity contribution is -0.140. The van der Waals surface area contributed by atoms with Gasteiger partial charge in [0.15, 0.2) is 0 Å². The molecule has 0 radical (unpaired) electrons. The number of aryl methyl sites for hydroxylation is 1. The highest BCUT2D eigenvalue weighted by atomic mass is 32.2. The second-order valence-electron chi connectivity index (χ2n) is 6.04. The summed E-state index contributed by atoms with van der Waals surface area (Å²) < 4.78 is 5.68. The third-order valence-electron chi connectivity index (χ3n) is 4.00. The van der Waals surface area contributed by atoms with Gasteiger partial charge in [-0.15, -0.1) is 0 Å². The quantitative estimate of drug-likeness (QED) is 0.730. The van der Waals surface area contributed by atoms with Crippen LogP contribution in [-0.4, -0.2) is 52.6 Å². The van der Waals surface area contributed by atoms with E-state index in [9.17, 15) is 9.59 Å². The van der Waals surface area contributed by atoms with Crippen molar-refractivity contribution >= 4 is 23.6 Å². The molecule has 0 saturated carbocycles. The van der Waals surface area contributed by atoms with Crippen molar-refractivity contribution in [3.63, 3.8) is 0 Å². The molecule has 5 nitrogen and oxygen atoms in total. The first-order valence-corrected chi connectivity index (χ1v) is 9.50. The van der Waals surface area contributed by atoms with Gasteiger partial charge in [0.2, 0.25) is 5.91 Å². The van der Waals surface area contributed by atoms with Gasteiger partial charge in [0.1, 0.15) is 5.75 Å². The topological polar surface area (TPSA) is 66.8 Å². The van der Waals surface area contributed by atoms with Crippen molar-refractivity contribution in [1.29, 1.82) is 0 Å². The van der Waals surface area contributed by atoms with Gasteiger partial charge in [-0.25, -0.2) is 0 Å². The van der Waals surface area contributed by atoms with Gasteiger partial charge in [-0.2, -0.15) is 11.8 Å². The fraction of sp³-hybridized carbons (Fsp3) is 0.556. The highest BCUT2D eigenvalue weighted by Crippen LogP contribution is 2.20. The summed E-state index contributed by atoms with van der Waals surface area (Å²) in [6.07, 6.45) is 2.06. The SMILES string of the molecule is Cc1cccc(OCCCCC(=O)N2CCSCC2CC(=O)O)c1. The number of hydrogen-bond donors (Lipinski definition) is 1. The maximum atomic E-state index is 12.4. The van der Waals surface area contributed by atoms with Crippen LogP contribution in [0.2, 0.25) is 0 Å². The molecule has 132 valence electrons. The number of ether oxygens (including phenoxy) is 1. The largest absolute Gasteiger partial charge is 0.494 e. The molecule has 1 aliphatic rings. The summed E-state index contributed by atoms with van der Waals surface area (Å²) in [5, 5.41) is 8.98. The molecule has 0 spiro atoms. The van der Waals surface area contributed by atoms with Crippen LogP contribution in [0.1, 0.15) is 31.2 Å². The molecule has 1 saturated heterocycles. The van der Waals surface area contributed by atoms with E-state index in [4.69, 9.17) is 9.84 Å². The average Bonchev–Trinajstić information content (AvgIpc) is 2.54. The van der Waals surface area contributed by atoms with Crippen LogP contribution in [0.4, 0.5) is 0 Å². The Morgan fingerprint density at radius 1 is 1.38 bits per heavy atom. The molecule has 6 heteroatoms. The molecule has 1 unspecified atom stereocenters. The van der Waals surface area contributed by atoms with Crippen molar-refractivity contribution in [1.82, 2.24) is 4.90 Å². The molecule has 24 heavy (non-hydrogen) atoms. The molecule has 1 fully saturated rings. The van der Waals surface area contributed by atoms with Crippen LogP contribution >= 0.6 is 11.8 Å². The molecular weight excluding hydrogens is 326 g/mol. The molecule has 1 heterocycles. The molecule has 1 aromatic rings. The zero-order valence-corrected chi connectivity index (χ0v) is 14.9. The number of unbranched alkanes of at least 4 members (excludes halogenated alkanes) is 1. The first-order chi connectivity index (χ1) is 11.6. The smallest absolute Gasteiger partial charge is 0.305 e. The average molecular weight is 351 g/mol. The lowest BCUT2D eigenvalue weighted by Gasteiger charge is -2.34. The molecule has 2 rings (SSSR count). The van der Waals surface area contributed by atoms with Gasteiger partial charge in [-0.05, 0) is 37.5 Å². The first-order valence-electron chi connectivity index (χ1n) is 8.35. The van der Waals surface area contributed by atoms with E-state index in [1.54, 1.807) is 16.7 Å². The van der Waals surface area contributed by atoms with Crippen molar-refractivity contribution in [3.05, 3.63) is 29.8 Å². The maximum absolute atomic E-state index is 12.4. The van der Waals surface area contributed by atoms with Gasteiger partial charge >= 0.3 is 5.97 Å². The molecule has 1 aliphatic heterocycles. The van der Waals surface area contributed by atoms with E-state index in [2.05, 4.69) is 0 Å². The third-order valence-corrected chi connectivity index (χ3v) is 5.09. The van der Waals surface area contributed by atoms with E-state index in [-0.39, 0.29) is 18.4 Å². The molecule has 1 aromatic carbocycles. The van der Waals surface area contributed by atoms with Crippen molar-refractivity contribution in [3.8, 4) is 5.75 Å². The molecule has 1 N–H and O–H groups in total. The maximum Gasteiger partial charge on any atom is 0.305 e. The molecule has 0 aliphatic carbocycles. The fourth-order valence-corrected chi connectivity index (χ4v) is 3.83. The van der Waals surface area contributed by atoms with Gasteiger partial charge in [-0.3, -0.25) is 9.59 Å². The second-order valence-corrected chi connectivity index (χ2v) is 7.19. The molecule has 1 amide bonds. The molecule has 0 bridgehead atoms. The summed E-state index contributed by atoms with van der Waals surface area (Å²) in [6.45, 7) is 3.27. The van der Waals surface area contributed by atoms with Gasteiger partial charge < -0.3 is 14.7 Å². The number of carboxylic acid groups (broad SMARTS) is 1. The Morgan fingerprint density at radius 3 is 2.96 bits per heavy atom. The summed E-state index contributed by atoms with van der Waals surface area (Å²) in [7, 11) is 0. The monoisotopic (exact) mass is 351 g/mol. The Hall–Kier alpha value is -1.69. The van der Waals surface area contributed by atoms with E-state index in [1.165, 1.54) is 0 Å². The Morgan fingerprint density at radius 2 is 2.21 bits per heavy atom. The zero-order chi connectivity index (χ0) is 17.4. The van der Waals surface area contributed by atoms with Crippen LogP contribution in [-0.2, 0) is 9.59 Å². The minimum Gasteiger partial charge on any atom is -0.494 e. The number of rotatable bonds is 8. The van der Waals surface area contributed by atoms with Crippen molar-refractivity contribution in [2.45, 2.75) is 38.6 Å². The molecular formula is C18H25NO4S. The Kier molecular flexibility index (Phi) is 7.43. The summed E-state index contributed by atoms with van der Waals surface area (Å²) in [5.74, 6) is 1.69. The highest BCUT2D eigenvalue weighted by molar-refractivity contribution is 7.99. The first kappa shape index (κ1) is 18.6. The predicted molar refractivity (Wildman–Crippen MR) is 95.6 cm³/mol. The van der Waals surface area contributed by atoms with E-state index in [0.29, 0.717) is 25.3 Å². The number of thioether (sulfide) groups is 1. The van der Waals surface area contributed by atoms with E-state index in [1.807, 2.05) is 31.2 Å². The Balaban J connectivity index is 1.69. The molecule has 0 aromatic heterocycles. The van der Waals surface area contributed by atoms with E-state index < -0.39 is 5.97 Å². The van der Waals surface area contributed by atoms with Crippen LogP contribution in [0.5, 0.6) is 5.75 Å². The summed E-state index contributed by atoms with van der Waals surface area (Å²) >= 11 is 1.72. The number of nitrogens with zero attached hydrogens (tertiary/aromatic N) is 1. The minimum atomic E-state index is -0.841. The number of aliphatic carboxylic acids is 1. The predicted octanol–water partition coefficient (Wildman–Crippen LogP) is 2.96. The number of carboxylic acids is 1. The van der Waals surface area contributed by atoms with Crippen LogP contribution < -0.4 is 4.74 Å². The lowest BCUT2D eigenvalue weighted by atomic mass is 10.1. The lowest BCUT2D eigenvalue weighted by Crippen LogP contribution is -2.47. The fourth-order valence-electron chi connectivity index (χ4n) is 2.77. The standard InChI is InChI=1S/C18H25NO4S/c1-14-5-4-6-16(11-14)23-9-3-2-7-17(20)19-8-10-24-13-15(19)12-18(21)22/h4-6,11,15H,2-3,7-10,12-13H2,1H3,(H,21,22). The number of carbonyl (C=O) groups is 2. The van der Waals surface area contributed by atoms with Crippen molar-refractivity contribution < 1.29 is 19.4 Å². The zero-order valence-electron chi connectivity index (χ0n) is 14.1. The molecule has 1 atom stereocenters. The Bertz CT molecular complexity index is 564. The van der Waals surface area contributed by atoms with Crippen molar-refractivity contribution in [2.75, 3.05) is 24.7 Å². The van der Waals surface area contributed by atoms with Crippen LogP contribution in [0.15, 0.2) is 24.3 Å². The van der Waals surface area contributed by atoms with Gasteiger partial charge in [0.25, 0.3) is 0 Å². The van der Waals surface area contributed by atoms with E-state index in [0.717, 1.165) is 29.9 Å². The summed E-state index contributed by atoms with van der Waals surface area (Å²) in [6, 6.07) is 7.74. The van der Waals surface area contributed by atoms with Gasteiger partial charge in [-0.1, -0.05) is 12.1 Å². The number of hydrogen-bond acceptors (Lipinski definition) is 4. The van der Waals surface area contributed by atoms with Crippen LogP contribution in [0.25, 0.3) is 0 Å². The normalized spacial score (nSPS) is 17.5. The summed E-state index contributed by atoms with van der Waals surface area (Å²) in [5.41, 5.74) is 1.16. The summed E-state index contributed by atoms with van der Waals surface area (Å²) in [4.78, 5) is 25.0. The third kappa shape index (κ3) is 6.07. The van der Waals surface area contributed by atoms with Gasteiger partial charge in [0.05, 0.1) is 19.1 Å².